The topological polar surface area (TPSA) is 24.9 Å². The molecular formula is C12H20N2S2. The highest BCUT2D eigenvalue weighted by molar-refractivity contribution is 7.99. The monoisotopic (exact) mass is 256 g/mol. The molecule has 0 saturated heterocycles. The summed E-state index contributed by atoms with van der Waals surface area (Å²) in [5.74, 6) is 0. The Labute approximate surface area is 106 Å². The van der Waals surface area contributed by atoms with E-state index in [1.165, 1.54) is 34.8 Å². The molecule has 2 nitrogen and oxygen atoms in total. The Morgan fingerprint density at radius 3 is 2.94 bits per heavy atom. The Hall–Kier alpha value is -0.0600. The molecule has 0 spiro atoms. The molecule has 1 heterocycles. The lowest BCUT2D eigenvalue weighted by Crippen LogP contribution is -2.31. The molecule has 4 heteroatoms. The molecule has 90 valence electrons. The van der Waals surface area contributed by atoms with Gasteiger partial charge in [0.2, 0.25) is 0 Å². The van der Waals surface area contributed by atoms with Crippen LogP contribution in [-0.2, 0) is 19.4 Å². The molecule has 0 aliphatic heterocycles. The molecule has 0 unspecified atom stereocenters. The van der Waals surface area contributed by atoms with Gasteiger partial charge in [-0.1, -0.05) is 0 Å². The van der Waals surface area contributed by atoms with Gasteiger partial charge in [0.15, 0.2) is 0 Å². The van der Waals surface area contributed by atoms with Crippen LogP contribution in [0.5, 0.6) is 0 Å². The fraction of sp³-hybridized carbons (Fsp3) is 0.750. The van der Waals surface area contributed by atoms with Crippen molar-refractivity contribution in [1.29, 1.82) is 0 Å². The van der Waals surface area contributed by atoms with E-state index in [9.17, 15) is 0 Å². The first-order valence-electron chi connectivity index (χ1n) is 5.84. The summed E-state index contributed by atoms with van der Waals surface area (Å²) in [7, 11) is 0. The highest BCUT2D eigenvalue weighted by Gasteiger charge is 2.18. The van der Waals surface area contributed by atoms with Crippen LogP contribution in [0.15, 0.2) is 0 Å². The van der Waals surface area contributed by atoms with Crippen molar-refractivity contribution < 1.29 is 0 Å². The average molecular weight is 256 g/mol. The summed E-state index contributed by atoms with van der Waals surface area (Å²) in [6.07, 6.45) is 5.92. The lowest BCUT2D eigenvalue weighted by Gasteiger charge is -2.21. The number of aryl methyl sites for hydroxylation is 2. The zero-order chi connectivity index (χ0) is 11.6. The van der Waals surface area contributed by atoms with Gasteiger partial charge in [-0.2, -0.15) is 11.8 Å². The molecular weight excluding hydrogens is 236 g/mol. The van der Waals surface area contributed by atoms with E-state index >= 15 is 0 Å². The first kappa shape index (κ1) is 12.4. The molecule has 0 saturated carbocycles. The molecule has 0 atom stereocenters. The molecule has 1 N–H and O–H groups in total. The van der Waals surface area contributed by atoms with Gasteiger partial charge in [0.1, 0.15) is 5.01 Å². The van der Waals surface area contributed by atoms with Gasteiger partial charge in [0.05, 0.1) is 5.69 Å². The van der Waals surface area contributed by atoms with Crippen LogP contribution in [0.25, 0.3) is 0 Å². The van der Waals surface area contributed by atoms with E-state index in [1.807, 2.05) is 23.1 Å². The molecule has 0 fully saturated rings. The number of nitrogens with one attached hydrogen (secondary N) is 1. The minimum absolute atomic E-state index is 0.319. The summed E-state index contributed by atoms with van der Waals surface area (Å²) in [6.45, 7) is 6.51. The number of hydrogen-bond acceptors (Lipinski definition) is 4. The third kappa shape index (κ3) is 2.99. The van der Waals surface area contributed by atoms with Gasteiger partial charge >= 0.3 is 0 Å². The molecule has 16 heavy (non-hydrogen) atoms. The fourth-order valence-corrected chi connectivity index (χ4v) is 3.23. The Kier molecular flexibility index (Phi) is 3.93. The Balaban J connectivity index is 1.82. The summed E-state index contributed by atoms with van der Waals surface area (Å²) in [6, 6.07) is 0. The average Bonchev–Trinajstić information content (AvgIpc) is 2.77. The summed E-state index contributed by atoms with van der Waals surface area (Å²) < 4.78 is 0.319. The lowest BCUT2D eigenvalue weighted by molar-refractivity contribution is 0.589. The maximum atomic E-state index is 4.69. The normalized spacial score (nSPS) is 15.4. The highest BCUT2D eigenvalue weighted by Crippen LogP contribution is 2.27. The highest BCUT2D eigenvalue weighted by atomic mass is 32.2. The van der Waals surface area contributed by atoms with Crippen LogP contribution in [-0.4, -0.2) is 22.5 Å². The largest absolute Gasteiger partial charge is 0.309 e. The van der Waals surface area contributed by atoms with Crippen molar-refractivity contribution in [3.05, 3.63) is 15.6 Å². The van der Waals surface area contributed by atoms with Gasteiger partial charge in [-0.15, -0.1) is 11.3 Å². The number of fused-ring (bicyclic) bond motifs is 1. The fourth-order valence-electron chi connectivity index (χ4n) is 1.86. The zero-order valence-corrected chi connectivity index (χ0v) is 11.9. The van der Waals surface area contributed by atoms with Crippen LogP contribution in [0.2, 0.25) is 0 Å². The second kappa shape index (κ2) is 5.07. The third-order valence-corrected chi connectivity index (χ3v) is 5.43. The van der Waals surface area contributed by atoms with Gasteiger partial charge in [-0.3, -0.25) is 0 Å². The van der Waals surface area contributed by atoms with E-state index in [-0.39, 0.29) is 0 Å². The van der Waals surface area contributed by atoms with Crippen molar-refractivity contribution in [1.82, 2.24) is 10.3 Å². The van der Waals surface area contributed by atoms with Gasteiger partial charge in [0.25, 0.3) is 0 Å². The lowest BCUT2D eigenvalue weighted by atomic mass is 10.2. The van der Waals surface area contributed by atoms with Gasteiger partial charge in [0, 0.05) is 22.7 Å². The number of thioether (sulfide) groups is 1. The summed E-state index contributed by atoms with van der Waals surface area (Å²) in [5, 5.41) is 4.77. The van der Waals surface area contributed by atoms with Crippen LogP contribution in [0.3, 0.4) is 0 Å². The van der Waals surface area contributed by atoms with Crippen molar-refractivity contribution in [3.8, 4) is 0 Å². The van der Waals surface area contributed by atoms with Crippen LogP contribution in [0.4, 0.5) is 0 Å². The van der Waals surface area contributed by atoms with E-state index in [1.54, 1.807) is 0 Å². The van der Waals surface area contributed by atoms with Crippen molar-refractivity contribution in [2.45, 2.75) is 44.4 Å². The number of aromatic nitrogens is 1. The standard InChI is InChI=1S/C12H20N2S2/c1-12(2,15-3)8-13-7-11-14-9-5-4-6-10(9)16-11/h13H,4-8H2,1-3H3. The minimum Gasteiger partial charge on any atom is -0.309 e. The van der Waals surface area contributed by atoms with Crippen LogP contribution in [0.1, 0.15) is 35.8 Å². The van der Waals surface area contributed by atoms with Gasteiger partial charge in [-0.25, -0.2) is 4.98 Å². The minimum atomic E-state index is 0.319. The second-order valence-electron chi connectivity index (χ2n) is 4.90. The molecule has 2 rings (SSSR count). The quantitative estimate of drug-likeness (QED) is 0.877. The number of rotatable bonds is 5. The molecule has 1 aliphatic carbocycles. The first-order chi connectivity index (χ1) is 7.61. The summed E-state index contributed by atoms with van der Waals surface area (Å²) in [5.41, 5.74) is 1.37. The van der Waals surface area contributed by atoms with Crippen molar-refractivity contribution in [2.24, 2.45) is 0 Å². The number of hydrogen-bond donors (Lipinski definition) is 1. The molecule has 0 bridgehead atoms. The SMILES string of the molecule is CSC(C)(C)CNCc1nc2c(s1)CCC2. The van der Waals surface area contributed by atoms with Crippen molar-refractivity contribution in [3.63, 3.8) is 0 Å². The van der Waals surface area contributed by atoms with Crippen molar-refractivity contribution >= 4 is 23.1 Å². The van der Waals surface area contributed by atoms with E-state index in [0.29, 0.717) is 4.75 Å². The maximum absolute atomic E-state index is 4.69. The zero-order valence-electron chi connectivity index (χ0n) is 10.3. The second-order valence-corrected chi connectivity index (χ2v) is 7.58. The molecule has 1 aromatic heterocycles. The molecule has 1 aromatic rings. The summed E-state index contributed by atoms with van der Waals surface area (Å²) >= 11 is 3.81. The van der Waals surface area contributed by atoms with E-state index in [2.05, 4.69) is 30.4 Å². The molecule has 0 amide bonds. The van der Waals surface area contributed by atoms with Crippen LogP contribution < -0.4 is 5.32 Å². The van der Waals surface area contributed by atoms with E-state index < -0.39 is 0 Å². The first-order valence-corrected chi connectivity index (χ1v) is 7.88. The smallest absolute Gasteiger partial charge is 0.107 e. The van der Waals surface area contributed by atoms with Crippen LogP contribution >= 0.6 is 23.1 Å². The van der Waals surface area contributed by atoms with Gasteiger partial charge < -0.3 is 5.32 Å². The number of thiazole rings is 1. The molecule has 0 radical (unpaired) electrons. The Morgan fingerprint density at radius 1 is 1.44 bits per heavy atom. The molecule has 1 aliphatic rings. The predicted molar refractivity (Wildman–Crippen MR) is 73.4 cm³/mol. The van der Waals surface area contributed by atoms with E-state index in [4.69, 9.17) is 0 Å². The Bertz CT molecular complexity index is 336. The number of nitrogens with zero attached hydrogens (tertiary/aromatic N) is 1. The maximum Gasteiger partial charge on any atom is 0.107 e. The summed E-state index contributed by atoms with van der Waals surface area (Å²) in [4.78, 5) is 6.21. The predicted octanol–water partition coefficient (Wildman–Crippen LogP) is 2.86. The van der Waals surface area contributed by atoms with E-state index in [0.717, 1.165) is 13.1 Å². The third-order valence-electron chi connectivity index (χ3n) is 3.02. The Morgan fingerprint density at radius 2 is 2.25 bits per heavy atom. The van der Waals surface area contributed by atoms with Gasteiger partial charge in [-0.05, 0) is 39.4 Å². The molecule has 0 aromatic carbocycles. The van der Waals surface area contributed by atoms with Crippen LogP contribution in [0, 0.1) is 0 Å². The van der Waals surface area contributed by atoms with Crippen molar-refractivity contribution in [2.75, 3.05) is 12.8 Å².